The lowest BCUT2D eigenvalue weighted by Gasteiger charge is -2.28. The molecule has 25 heavy (non-hydrogen) atoms. The van der Waals surface area contributed by atoms with Gasteiger partial charge in [-0.15, -0.1) is 0 Å². The van der Waals surface area contributed by atoms with Crippen LogP contribution in [0.4, 0.5) is 0 Å². The van der Waals surface area contributed by atoms with Crippen molar-refractivity contribution in [3.05, 3.63) is 64.7 Å². The molecule has 0 aliphatic carbocycles. The van der Waals surface area contributed by atoms with Crippen LogP contribution in [0.3, 0.4) is 0 Å². The summed E-state index contributed by atoms with van der Waals surface area (Å²) in [5, 5.41) is 15.4. The molecule has 134 valence electrons. The number of benzene rings is 2. The standard InChI is InChI=1S/C22H30N2O/c1-21(2,3)17-13-16(14-18(20(17)25)22(4,5)6)19(24-23-7)15-11-9-8-10-12-15/h8-14,23,25H,1-7H3. The van der Waals surface area contributed by atoms with Crippen LogP contribution in [-0.2, 0) is 10.8 Å². The Morgan fingerprint density at radius 3 is 1.72 bits per heavy atom. The van der Waals surface area contributed by atoms with E-state index >= 15 is 0 Å². The second-order valence-electron chi connectivity index (χ2n) is 8.47. The summed E-state index contributed by atoms with van der Waals surface area (Å²) in [6.07, 6.45) is 0. The van der Waals surface area contributed by atoms with Crippen molar-refractivity contribution in [2.75, 3.05) is 7.05 Å². The van der Waals surface area contributed by atoms with Crippen molar-refractivity contribution in [3.8, 4) is 5.75 Å². The van der Waals surface area contributed by atoms with Gasteiger partial charge in [0.2, 0.25) is 0 Å². The zero-order chi connectivity index (χ0) is 18.8. The zero-order valence-electron chi connectivity index (χ0n) is 16.4. The van der Waals surface area contributed by atoms with E-state index in [0.29, 0.717) is 5.75 Å². The fraction of sp³-hybridized carbons (Fsp3) is 0.409. The Hall–Kier alpha value is -2.29. The molecule has 3 heteroatoms. The van der Waals surface area contributed by atoms with E-state index in [1.165, 1.54) is 0 Å². The first-order chi connectivity index (χ1) is 11.6. The van der Waals surface area contributed by atoms with Gasteiger partial charge in [-0.1, -0.05) is 71.9 Å². The van der Waals surface area contributed by atoms with Crippen LogP contribution < -0.4 is 5.43 Å². The molecule has 0 fully saturated rings. The van der Waals surface area contributed by atoms with Crippen LogP contribution in [-0.4, -0.2) is 17.9 Å². The number of nitrogens with zero attached hydrogens (tertiary/aromatic N) is 1. The van der Waals surface area contributed by atoms with Gasteiger partial charge in [-0.25, -0.2) is 0 Å². The topological polar surface area (TPSA) is 44.6 Å². The van der Waals surface area contributed by atoms with E-state index in [9.17, 15) is 5.11 Å². The molecule has 2 aromatic rings. The molecule has 0 saturated carbocycles. The van der Waals surface area contributed by atoms with Gasteiger partial charge in [0.15, 0.2) is 0 Å². The summed E-state index contributed by atoms with van der Waals surface area (Å²) in [5.41, 5.74) is 7.40. The van der Waals surface area contributed by atoms with Crippen LogP contribution in [0.15, 0.2) is 47.6 Å². The van der Waals surface area contributed by atoms with Crippen molar-refractivity contribution >= 4 is 5.71 Å². The van der Waals surface area contributed by atoms with Gasteiger partial charge in [0.05, 0.1) is 5.71 Å². The molecule has 0 aliphatic rings. The van der Waals surface area contributed by atoms with Gasteiger partial charge in [-0.3, -0.25) is 0 Å². The number of phenolic OH excluding ortho intramolecular Hbond substituents is 1. The number of aromatic hydroxyl groups is 1. The quantitative estimate of drug-likeness (QED) is 0.614. The summed E-state index contributed by atoms with van der Waals surface area (Å²) in [6.45, 7) is 12.7. The van der Waals surface area contributed by atoms with E-state index in [0.717, 1.165) is 28.0 Å². The van der Waals surface area contributed by atoms with Crippen LogP contribution in [0, 0.1) is 0 Å². The molecular formula is C22H30N2O. The van der Waals surface area contributed by atoms with Crippen molar-refractivity contribution in [1.29, 1.82) is 0 Å². The third-order valence-electron chi connectivity index (χ3n) is 4.27. The SMILES string of the molecule is CNN=C(c1ccccc1)c1cc(C(C)(C)C)c(O)c(C(C)(C)C)c1. The number of rotatable bonds is 3. The first-order valence-corrected chi connectivity index (χ1v) is 8.74. The second-order valence-corrected chi connectivity index (χ2v) is 8.47. The molecule has 0 radical (unpaired) electrons. The lowest BCUT2D eigenvalue weighted by molar-refractivity contribution is 0.423. The Labute approximate surface area is 151 Å². The molecule has 0 unspecified atom stereocenters. The first kappa shape index (κ1) is 19.0. The second kappa shape index (κ2) is 6.91. The van der Waals surface area contributed by atoms with Crippen LogP contribution in [0.1, 0.15) is 63.8 Å². The zero-order valence-corrected chi connectivity index (χ0v) is 16.4. The highest BCUT2D eigenvalue weighted by Crippen LogP contribution is 2.40. The number of hydrogen-bond donors (Lipinski definition) is 2. The number of nitrogens with one attached hydrogen (secondary N) is 1. The Morgan fingerprint density at radius 2 is 1.32 bits per heavy atom. The lowest BCUT2D eigenvalue weighted by Crippen LogP contribution is -2.19. The molecule has 0 saturated heterocycles. The van der Waals surface area contributed by atoms with Gasteiger partial charge in [0, 0.05) is 29.3 Å². The molecule has 3 nitrogen and oxygen atoms in total. The Bertz CT molecular complexity index is 728. The number of hydrazone groups is 1. The Morgan fingerprint density at radius 1 is 0.840 bits per heavy atom. The summed E-state index contributed by atoms with van der Waals surface area (Å²) in [4.78, 5) is 0. The average molecular weight is 338 g/mol. The predicted octanol–water partition coefficient (Wildman–Crippen LogP) is 4.96. The van der Waals surface area contributed by atoms with Crippen molar-refractivity contribution < 1.29 is 5.11 Å². The van der Waals surface area contributed by atoms with Gasteiger partial charge >= 0.3 is 0 Å². The van der Waals surface area contributed by atoms with Crippen LogP contribution >= 0.6 is 0 Å². The number of hydrogen-bond acceptors (Lipinski definition) is 3. The highest BCUT2D eigenvalue weighted by Gasteiger charge is 2.27. The molecule has 0 heterocycles. The molecule has 2 rings (SSSR count). The molecule has 0 amide bonds. The summed E-state index contributed by atoms with van der Waals surface area (Å²) < 4.78 is 0. The lowest BCUT2D eigenvalue weighted by atomic mass is 9.77. The van der Waals surface area contributed by atoms with Gasteiger partial charge in [0.25, 0.3) is 0 Å². The van der Waals surface area contributed by atoms with E-state index in [1.807, 2.05) is 18.2 Å². The Kier molecular flexibility index (Phi) is 5.26. The fourth-order valence-corrected chi connectivity index (χ4v) is 2.92. The molecule has 0 aliphatic heterocycles. The predicted molar refractivity (Wildman–Crippen MR) is 107 cm³/mol. The monoisotopic (exact) mass is 338 g/mol. The third-order valence-corrected chi connectivity index (χ3v) is 4.27. The maximum absolute atomic E-state index is 10.9. The van der Waals surface area contributed by atoms with E-state index in [2.05, 4.69) is 76.3 Å². The Balaban J connectivity index is 2.78. The highest BCUT2D eigenvalue weighted by atomic mass is 16.3. The van der Waals surface area contributed by atoms with Crippen molar-refractivity contribution in [1.82, 2.24) is 5.43 Å². The maximum atomic E-state index is 10.9. The fourth-order valence-electron chi connectivity index (χ4n) is 2.92. The molecule has 0 bridgehead atoms. The first-order valence-electron chi connectivity index (χ1n) is 8.74. The van der Waals surface area contributed by atoms with E-state index < -0.39 is 0 Å². The number of phenols is 1. The van der Waals surface area contributed by atoms with Crippen molar-refractivity contribution in [2.45, 2.75) is 52.4 Å². The van der Waals surface area contributed by atoms with Gasteiger partial charge in [0.1, 0.15) is 5.75 Å². The average Bonchev–Trinajstić information content (AvgIpc) is 2.51. The summed E-state index contributed by atoms with van der Waals surface area (Å²) in [5.74, 6) is 0.389. The summed E-state index contributed by atoms with van der Waals surface area (Å²) >= 11 is 0. The van der Waals surface area contributed by atoms with Gasteiger partial charge in [-0.05, 0) is 23.0 Å². The van der Waals surface area contributed by atoms with Crippen LogP contribution in [0.5, 0.6) is 5.75 Å². The van der Waals surface area contributed by atoms with Crippen LogP contribution in [0.25, 0.3) is 0 Å². The largest absolute Gasteiger partial charge is 0.507 e. The summed E-state index contributed by atoms with van der Waals surface area (Å²) in [7, 11) is 1.80. The molecule has 0 spiro atoms. The minimum atomic E-state index is -0.165. The van der Waals surface area contributed by atoms with Gasteiger partial charge in [-0.2, -0.15) is 5.10 Å². The van der Waals surface area contributed by atoms with Crippen LogP contribution in [0.2, 0.25) is 0 Å². The van der Waals surface area contributed by atoms with Gasteiger partial charge < -0.3 is 10.5 Å². The maximum Gasteiger partial charge on any atom is 0.123 e. The normalized spacial score (nSPS) is 13.0. The molecule has 0 atom stereocenters. The molecular weight excluding hydrogens is 308 g/mol. The smallest absolute Gasteiger partial charge is 0.123 e. The van der Waals surface area contributed by atoms with E-state index in [-0.39, 0.29) is 10.8 Å². The summed E-state index contributed by atoms with van der Waals surface area (Å²) in [6, 6.07) is 14.2. The van der Waals surface area contributed by atoms with Crippen molar-refractivity contribution in [3.63, 3.8) is 0 Å². The minimum absolute atomic E-state index is 0.165. The third kappa shape index (κ3) is 4.22. The van der Waals surface area contributed by atoms with E-state index in [1.54, 1.807) is 7.05 Å². The molecule has 2 N–H and O–H groups in total. The van der Waals surface area contributed by atoms with Crippen molar-refractivity contribution in [2.24, 2.45) is 5.10 Å². The van der Waals surface area contributed by atoms with E-state index in [4.69, 9.17) is 0 Å². The molecule has 2 aromatic carbocycles. The molecule has 0 aromatic heterocycles. The highest BCUT2D eigenvalue weighted by molar-refractivity contribution is 6.13. The minimum Gasteiger partial charge on any atom is -0.507 e.